The lowest BCUT2D eigenvalue weighted by molar-refractivity contribution is 0.0861. The summed E-state index contributed by atoms with van der Waals surface area (Å²) in [4.78, 5) is 40.0. The second kappa shape index (κ2) is 8.78. The van der Waals surface area contributed by atoms with Gasteiger partial charge in [-0.3, -0.25) is 14.8 Å². The molecule has 0 radical (unpaired) electrons. The lowest BCUT2D eigenvalue weighted by Gasteiger charge is -2.09. The highest BCUT2D eigenvalue weighted by Crippen LogP contribution is 2.27. The van der Waals surface area contributed by atoms with Gasteiger partial charge in [0.15, 0.2) is 11.1 Å². The largest absolute Gasteiger partial charge is 0.493 e. The van der Waals surface area contributed by atoms with Crippen LogP contribution in [0.15, 0.2) is 34.2 Å². The van der Waals surface area contributed by atoms with E-state index in [1.54, 1.807) is 22.9 Å². The van der Waals surface area contributed by atoms with Gasteiger partial charge in [0, 0.05) is 24.4 Å². The smallest absolute Gasteiger partial charge is 0.326 e. The van der Waals surface area contributed by atoms with E-state index < -0.39 is 5.69 Å². The number of aromatic amines is 2. The minimum Gasteiger partial charge on any atom is -0.493 e. The molecule has 1 aliphatic heterocycles. The van der Waals surface area contributed by atoms with Crippen LogP contribution in [0.3, 0.4) is 0 Å². The van der Waals surface area contributed by atoms with Gasteiger partial charge in [-0.25, -0.2) is 9.78 Å². The van der Waals surface area contributed by atoms with E-state index >= 15 is 0 Å². The molecule has 0 unspecified atom stereocenters. The Bertz CT molecular complexity index is 1590. The quantitative estimate of drug-likeness (QED) is 0.311. The molecule has 0 spiro atoms. The molecule has 180 valence electrons. The van der Waals surface area contributed by atoms with Gasteiger partial charge in [0.25, 0.3) is 5.91 Å². The number of imidazole rings is 1. The third kappa shape index (κ3) is 4.49. The van der Waals surface area contributed by atoms with Crippen molar-refractivity contribution in [3.63, 3.8) is 0 Å². The molecule has 1 amide bonds. The molecule has 0 aromatic carbocycles. The predicted octanol–water partition coefficient (Wildman–Crippen LogP) is 0.699. The van der Waals surface area contributed by atoms with Crippen LogP contribution >= 0.6 is 11.3 Å². The summed E-state index contributed by atoms with van der Waals surface area (Å²) in [5.41, 5.74) is 1.59. The number of nitrogens with zero attached hydrogens (tertiary/aromatic N) is 4. The van der Waals surface area contributed by atoms with Crippen LogP contribution in [0.2, 0.25) is 0 Å². The molecule has 6 rings (SSSR count). The van der Waals surface area contributed by atoms with E-state index in [1.165, 1.54) is 11.3 Å². The number of amides is 1. The number of fused-ring (bicyclic) bond motifs is 1. The first-order valence-electron chi connectivity index (χ1n) is 11.5. The number of aromatic hydroxyl groups is 1. The average Bonchev–Trinajstić information content (AvgIpc) is 3.28. The number of H-pyrrole nitrogens is 2. The Balaban J connectivity index is 1.38. The summed E-state index contributed by atoms with van der Waals surface area (Å²) in [5.74, 6) is -0.392. The maximum absolute atomic E-state index is 12.7. The van der Waals surface area contributed by atoms with Gasteiger partial charge in [0.2, 0.25) is 5.88 Å². The Morgan fingerprint density at radius 1 is 1.34 bits per heavy atom. The van der Waals surface area contributed by atoms with Crippen LogP contribution in [-0.4, -0.2) is 60.9 Å². The van der Waals surface area contributed by atoms with Crippen LogP contribution in [0.25, 0.3) is 22.3 Å². The Morgan fingerprint density at radius 2 is 2.23 bits per heavy atom. The lowest BCUT2D eigenvalue weighted by Crippen LogP contribution is -2.31. The van der Waals surface area contributed by atoms with E-state index in [4.69, 9.17) is 14.7 Å². The second-order valence-corrected chi connectivity index (χ2v) is 9.77. The molecule has 4 aromatic rings. The van der Waals surface area contributed by atoms with Crippen molar-refractivity contribution in [2.45, 2.75) is 37.8 Å². The van der Waals surface area contributed by atoms with Gasteiger partial charge in [0.1, 0.15) is 5.69 Å². The van der Waals surface area contributed by atoms with E-state index in [-0.39, 0.29) is 29.6 Å². The highest BCUT2D eigenvalue weighted by molar-refractivity contribution is 7.17. The molecule has 1 aliphatic carbocycles. The van der Waals surface area contributed by atoms with Crippen LogP contribution in [-0.2, 0) is 4.74 Å². The number of rotatable bonds is 6. The first-order chi connectivity index (χ1) is 17.0. The molecule has 5 heterocycles. The van der Waals surface area contributed by atoms with Gasteiger partial charge >= 0.3 is 5.69 Å². The number of hydrogen-bond acceptors (Lipinski definition) is 8. The van der Waals surface area contributed by atoms with Crippen LogP contribution in [0.4, 0.5) is 0 Å². The van der Waals surface area contributed by atoms with Gasteiger partial charge in [-0.15, -0.1) is 11.3 Å². The number of aromatic nitrogens is 5. The van der Waals surface area contributed by atoms with Crippen LogP contribution in [0, 0.1) is 0 Å². The zero-order valence-electron chi connectivity index (χ0n) is 18.7. The average molecular weight is 494 g/mol. The summed E-state index contributed by atoms with van der Waals surface area (Å²) in [6.45, 7) is 1.25. The SMILES string of the molecule is O=C(NC[C@H]1CCCO1)c1ccc(-c2cc(=NC3CC3)n3nc/c(=C\c4[nH]c(=O)[nH]c4O)c3n2)s1. The van der Waals surface area contributed by atoms with Gasteiger partial charge in [0.05, 0.1) is 33.8 Å². The monoisotopic (exact) mass is 493 g/mol. The number of nitrogens with one attached hydrogen (secondary N) is 3. The van der Waals surface area contributed by atoms with Crippen molar-refractivity contribution in [1.82, 2.24) is 29.9 Å². The van der Waals surface area contributed by atoms with Crippen LogP contribution in [0.5, 0.6) is 5.88 Å². The van der Waals surface area contributed by atoms with Crippen LogP contribution in [0.1, 0.15) is 41.0 Å². The van der Waals surface area contributed by atoms with Gasteiger partial charge in [-0.1, -0.05) is 0 Å². The van der Waals surface area contributed by atoms with E-state index in [0.717, 1.165) is 37.2 Å². The van der Waals surface area contributed by atoms with Crippen molar-refractivity contribution >= 4 is 29.0 Å². The van der Waals surface area contributed by atoms with Gasteiger partial charge in [-0.2, -0.15) is 9.61 Å². The summed E-state index contributed by atoms with van der Waals surface area (Å²) in [5, 5.41) is 18.0. The van der Waals surface area contributed by atoms with E-state index in [2.05, 4.69) is 20.4 Å². The van der Waals surface area contributed by atoms with Crippen molar-refractivity contribution in [3.8, 4) is 16.5 Å². The summed E-state index contributed by atoms with van der Waals surface area (Å²) in [7, 11) is 0. The van der Waals surface area contributed by atoms with E-state index in [0.29, 0.717) is 33.5 Å². The molecule has 1 saturated heterocycles. The van der Waals surface area contributed by atoms with E-state index in [1.807, 2.05) is 12.1 Å². The third-order valence-electron chi connectivity index (χ3n) is 5.97. The molecule has 0 bridgehead atoms. The minimum absolute atomic E-state index is 0.0833. The third-order valence-corrected chi connectivity index (χ3v) is 7.08. The predicted molar refractivity (Wildman–Crippen MR) is 128 cm³/mol. The summed E-state index contributed by atoms with van der Waals surface area (Å²) in [6.07, 6.45) is 7.36. The molecular weight excluding hydrogens is 470 g/mol. The van der Waals surface area contributed by atoms with Crippen LogP contribution < -0.4 is 21.7 Å². The normalized spacial score (nSPS) is 19.1. The molecule has 4 N–H and O–H groups in total. The molecule has 1 atom stereocenters. The fourth-order valence-corrected chi connectivity index (χ4v) is 4.90. The number of carbonyl (C=O) groups excluding carboxylic acids is 1. The molecule has 35 heavy (non-hydrogen) atoms. The molecule has 11 nitrogen and oxygen atoms in total. The van der Waals surface area contributed by atoms with Crippen molar-refractivity contribution in [1.29, 1.82) is 0 Å². The lowest BCUT2D eigenvalue weighted by atomic mass is 10.2. The number of carbonyl (C=O) groups is 1. The van der Waals surface area contributed by atoms with Gasteiger partial charge < -0.3 is 20.1 Å². The van der Waals surface area contributed by atoms with Gasteiger partial charge in [-0.05, 0) is 43.9 Å². The highest BCUT2D eigenvalue weighted by atomic mass is 32.1. The Hall–Kier alpha value is -3.77. The summed E-state index contributed by atoms with van der Waals surface area (Å²) >= 11 is 1.36. The fraction of sp³-hybridized carbons (Fsp3) is 0.348. The summed E-state index contributed by atoms with van der Waals surface area (Å²) < 4.78 is 7.23. The van der Waals surface area contributed by atoms with Crippen molar-refractivity contribution in [2.75, 3.05) is 13.2 Å². The first kappa shape index (κ1) is 21.7. The molecule has 2 fully saturated rings. The topological polar surface area (TPSA) is 150 Å². The van der Waals surface area contributed by atoms with Crippen molar-refractivity contribution < 1.29 is 14.6 Å². The van der Waals surface area contributed by atoms with Crippen molar-refractivity contribution in [3.05, 3.63) is 56.2 Å². The standard InChI is InChI=1S/C23H23N7O4S/c31-21-16(28-23(33)29-21)8-12-10-25-30-19(26-13-3-4-13)9-15(27-20(12)30)17-5-6-18(35-17)22(32)24-11-14-2-1-7-34-14/h5-6,8-10,13-14,31H,1-4,7,11H2,(H,24,32)(H2,28,29,33)/b12-8+,26-19?/t14-/m1/s1. The molecule has 1 saturated carbocycles. The van der Waals surface area contributed by atoms with Crippen molar-refractivity contribution in [2.24, 2.45) is 4.99 Å². The zero-order chi connectivity index (χ0) is 23.9. The Morgan fingerprint density at radius 3 is 2.97 bits per heavy atom. The minimum atomic E-state index is -0.507. The second-order valence-electron chi connectivity index (χ2n) is 8.69. The number of thiophene rings is 1. The fourth-order valence-electron chi connectivity index (χ4n) is 4.02. The number of hydrogen-bond donors (Lipinski definition) is 4. The number of ether oxygens (including phenoxy) is 1. The zero-order valence-corrected chi connectivity index (χ0v) is 19.5. The maximum Gasteiger partial charge on any atom is 0.326 e. The molecule has 4 aromatic heterocycles. The highest BCUT2D eigenvalue weighted by Gasteiger charge is 2.21. The first-order valence-corrected chi connectivity index (χ1v) is 12.3. The van der Waals surface area contributed by atoms with E-state index in [9.17, 15) is 14.7 Å². The molecule has 12 heteroatoms. The Kier molecular flexibility index (Phi) is 5.46. The maximum atomic E-state index is 12.7. The molecular formula is C23H23N7O4S. The summed E-state index contributed by atoms with van der Waals surface area (Å²) in [6, 6.07) is 5.80. The Labute approximate surface area is 202 Å². The molecule has 2 aliphatic rings.